The summed E-state index contributed by atoms with van der Waals surface area (Å²) in [5.74, 6) is -1.16. The maximum absolute atomic E-state index is 11.8. The molecule has 0 aliphatic rings. The van der Waals surface area contributed by atoms with E-state index in [2.05, 4.69) is 15.6 Å². The highest BCUT2D eigenvalue weighted by molar-refractivity contribution is 6.30. The quantitative estimate of drug-likeness (QED) is 0.844. The SMILES string of the molecule is O=C(O)CCc1cn(CC(=O)Nc2ccc(Cl)cc2)nn1. The van der Waals surface area contributed by atoms with Crippen LogP contribution >= 0.6 is 11.6 Å². The predicted molar refractivity (Wildman–Crippen MR) is 76.1 cm³/mol. The van der Waals surface area contributed by atoms with Crippen LogP contribution in [0.3, 0.4) is 0 Å². The zero-order valence-electron chi connectivity index (χ0n) is 11.0. The van der Waals surface area contributed by atoms with Gasteiger partial charge >= 0.3 is 5.97 Å². The summed E-state index contributed by atoms with van der Waals surface area (Å²) in [6.45, 7) is 0.00268. The summed E-state index contributed by atoms with van der Waals surface area (Å²) >= 11 is 5.76. The van der Waals surface area contributed by atoms with E-state index in [9.17, 15) is 9.59 Å². The van der Waals surface area contributed by atoms with Gasteiger partial charge in [-0.15, -0.1) is 5.10 Å². The van der Waals surface area contributed by atoms with Crippen molar-refractivity contribution >= 4 is 29.2 Å². The maximum atomic E-state index is 11.8. The molecule has 1 aromatic carbocycles. The Hall–Kier alpha value is -2.41. The van der Waals surface area contributed by atoms with Gasteiger partial charge in [-0.25, -0.2) is 4.68 Å². The highest BCUT2D eigenvalue weighted by atomic mass is 35.5. The van der Waals surface area contributed by atoms with Gasteiger partial charge in [-0.2, -0.15) is 0 Å². The fraction of sp³-hybridized carbons (Fsp3) is 0.231. The van der Waals surface area contributed by atoms with E-state index >= 15 is 0 Å². The number of hydrogen-bond acceptors (Lipinski definition) is 4. The van der Waals surface area contributed by atoms with E-state index in [1.54, 1.807) is 30.5 Å². The molecule has 1 aromatic heterocycles. The molecule has 2 aromatic rings. The molecule has 0 saturated heterocycles. The number of nitrogens with zero attached hydrogens (tertiary/aromatic N) is 3. The van der Waals surface area contributed by atoms with Gasteiger partial charge in [-0.1, -0.05) is 16.8 Å². The average molecular weight is 309 g/mol. The first-order valence-corrected chi connectivity index (χ1v) is 6.57. The topological polar surface area (TPSA) is 97.1 Å². The van der Waals surface area contributed by atoms with Crippen LogP contribution in [-0.4, -0.2) is 32.0 Å². The van der Waals surface area contributed by atoms with Crippen LogP contribution in [0.5, 0.6) is 0 Å². The Labute approximate surface area is 125 Å². The second kappa shape index (κ2) is 6.85. The number of halogens is 1. The van der Waals surface area contributed by atoms with Gasteiger partial charge in [-0.3, -0.25) is 9.59 Å². The van der Waals surface area contributed by atoms with Gasteiger partial charge in [0.15, 0.2) is 0 Å². The molecular formula is C13H13ClN4O3. The number of carbonyl (C=O) groups is 2. The molecular weight excluding hydrogens is 296 g/mol. The van der Waals surface area contributed by atoms with Gasteiger partial charge in [0.1, 0.15) is 6.54 Å². The Bertz CT molecular complexity index is 639. The smallest absolute Gasteiger partial charge is 0.303 e. The number of aromatic nitrogens is 3. The van der Waals surface area contributed by atoms with Crippen molar-refractivity contribution in [2.45, 2.75) is 19.4 Å². The zero-order valence-corrected chi connectivity index (χ0v) is 11.7. The molecule has 0 spiro atoms. The molecule has 0 unspecified atom stereocenters. The summed E-state index contributed by atoms with van der Waals surface area (Å²) in [7, 11) is 0. The lowest BCUT2D eigenvalue weighted by Crippen LogP contribution is -2.19. The molecule has 0 radical (unpaired) electrons. The highest BCUT2D eigenvalue weighted by Gasteiger charge is 2.08. The number of anilines is 1. The molecule has 0 fully saturated rings. The van der Waals surface area contributed by atoms with Gasteiger partial charge in [0.25, 0.3) is 0 Å². The molecule has 8 heteroatoms. The molecule has 2 N–H and O–H groups in total. The van der Waals surface area contributed by atoms with E-state index in [4.69, 9.17) is 16.7 Å². The van der Waals surface area contributed by atoms with E-state index < -0.39 is 5.97 Å². The van der Waals surface area contributed by atoms with Crippen molar-refractivity contribution in [1.29, 1.82) is 0 Å². The lowest BCUT2D eigenvalue weighted by atomic mass is 10.2. The van der Waals surface area contributed by atoms with Crippen molar-refractivity contribution < 1.29 is 14.7 Å². The van der Waals surface area contributed by atoms with E-state index in [1.807, 2.05) is 0 Å². The summed E-state index contributed by atoms with van der Waals surface area (Å²) in [5, 5.41) is 19.5. The van der Waals surface area contributed by atoms with Crippen LogP contribution in [0.1, 0.15) is 12.1 Å². The maximum Gasteiger partial charge on any atom is 0.303 e. The molecule has 2 rings (SSSR count). The van der Waals surface area contributed by atoms with Gasteiger partial charge in [0.2, 0.25) is 5.91 Å². The molecule has 1 heterocycles. The fourth-order valence-electron chi connectivity index (χ4n) is 1.65. The molecule has 110 valence electrons. The molecule has 0 saturated carbocycles. The molecule has 1 amide bonds. The number of hydrogen-bond donors (Lipinski definition) is 2. The van der Waals surface area contributed by atoms with Crippen LogP contribution in [-0.2, 0) is 22.6 Å². The Morgan fingerprint density at radius 3 is 2.67 bits per heavy atom. The number of carbonyl (C=O) groups excluding carboxylic acids is 1. The Kier molecular flexibility index (Phi) is 4.89. The van der Waals surface area contributed by atoms with E-state index in [1.165, 1.54) is 4.68 Å². The first-order valence-electron chi connectivity index (χ1n) is 6.19. The van der Waals surface area contributed by atoms with Crippen molar-refractivity contribution in [2.75, 3.05) is 5.32 Å². The molecule has 7 nitrogen and oxygen atoms in total. The lowest BCUT2D eigenvalue weighted by molar-refractivity contribution is -0.137. The molecule has 21 heavy (non-hydrogen) atoms. The highest BCUT2D eigenvalue weighted by Crippen LogP contribution is 2.13. The Balaban J connectivity index is 1.87. The number of rotatable bonds is 6. The van der Waals surface area contributed by atoms with Crippen LogP contribution in [0.4, 0.5) is 5.69 Å². The van der Waals surface area contributed by atoms with E-state index in [0.29, 0.717) is 16.4 Å². The van der Waals surface area contributed by atoms with Crippen molar-refractivity contribution in [3.8, 4) is 0 Å². The Morgan fingerprint density at radius 2 is 2.00 bits per heavy atom. The van der Waals surface area contributed by atoms with Crippen molar-refractivity contribution in [2.24, 2.45) is 0 Å². The monoisotopic (exact) mass is 308 g/mol. The minimum Gasteiger partial charge on any atom is -0.481 e. The summed E-state index contributed by atoms with van der Waals surface area (Å²) in [6, 6.07) is 6.74. The number of amides is 1. The number of carboxylic acids is 1. The van der Waals surface area contributed by atoms with Crippen LogP contribution in [0.2, 0.25) is 5.02 Å². The minimum atomic E-state index is -0.898. The predicted octanol–water partition coefficient (Wildman–Crippen LogP) is 1.59. The fourth-order valence-corrected chi connectivity index (χ4v) is 1.77. The molecule has 0 aliphatic carbocycles. The standard InChI is InChI=1S/C13H13ClN4O3/c14-9-1-3-10(4-2-9)15-12(19)8-18-7-11(16-17-18)5-6-13(20)21/h1-4,7H,5-6,8H2,(H,15,19)(H,20,21). The zero-order chi connectivity index (χ0) is 15.2. The van der Waals surface area contributed by atoms with Gasteiger partial charge < -0.3 is 10.4 Å². The van der Waals surface area contributed by atoms with Crippen molar-refractivity contribution in [1.82, 2.24) is 15.0 Å². The van der Waals surface area contributed by atoms with Crippen LogP contribution in [0, 0.1) is 0 Å². The lowest BCUT2D eigenvalue weighted by Gasteiger charge is -2.04. The normalized spacial score (nSPS) is 10.3. The second-order valence-corrected chi connectivity index (χ2v) is 4.79. The largest absolute Gasteiger partial charge is 0.481 e. The molecule has 0 aliphatic heterocycles. The van der Waals surface area contributed by atoms with E-state index in [0.717, 1.165) is 0 Å². The number of carboxylic acid groups (broad SMARTS) is 1. The Morgan fingerprint density at radius 1 is 1.29 bits per heavy atom. The van der Waals surface area contributed by atoms with Crippen molar-refractivity contribution in [3.05, 3.63) is 41.2 Å². The molecule has 0 atom stereocenters. The van der Waals surface area contributed by atoms with Crippen LogP contribution in [0.15, 0.2) is 30.5 Å². The van der Waals surface area contributed by atoms with Gasteiger partial charge in [0, 0.05) is 23.3 Å². The summed E-state index contributed by atoms with van der Waals surface area (Å²) in [4.78, 5) is 22.3. The summed E-state index contributed by atoms with van der Waals surface area (Å²) < 4.78 is 1.36. The van der Waals surface area contributed by atoms with Gasteiger partial charge in [0.05, 0.1) is 12.1 Å². The molecule has 0 bridgehead atoms. The summed E-state index contributed by atoms with van der Waals surface area (Å²) in [6.07, 6.45) is 1.83. The van der Waals surface area contributed by atoms with Crippen molar-refractivity contribution in [3.63, 3.8) is 0 Å². The third-order valence-corrected chi connectivity index (χ3v) is 2.87. The van der Waals surface area contributed by atoms with Crippen LogP contribution in [0.25, 0.3) is 0 Å². The first kappa shape index (κ1) is 15.0. The second-order valence-electron chi connectivity index (χ2n) is 4.36. The van der Waals surface area contributed by atoms with E-state index in [-0.39, 0.29) is 25.3 Å². The number of aryl methyl sites for hydroxylation is 1. The minimum absolute atomic E-state index is 0.00268. The van der Waals surface area contributed by atoms with Crippen LogP contribution < -0.4 is 5.32 Å². The number of benzene rings is 1. The van der Waals surface area contributed by atoms with Gasteiger partial charge in [-0.05, 0) is 24.3 Å². The first-order chi connectivity index (χ1) is 10.0. The summed E-state index contributed by atoms with van der Waals surface area (Å²) in [5.41, 5.74) is 1.17. The average Bonchev–Trinajstić information content (AvgIpc) is 2.86. The third-order valence-electron chi connectivity index (χ3n) is 2.61. The third kappa shape index (κ3) is 4.88. The number of aliphatic carboxylic acids is 1. The number of nitrogens with one attached hydrogen (secondary N) is 1.